The second kappa shape index (κ2) is 5.66. The SMILES string of the molecule is CC(=O)c1c(F)cccc1Oc1c(F)cccc1[N+](=O)[O-]. The molecule has 5 nitrogen and oxygen atoms in total. The van der Waals surface area contributed by atoms with Crippen LogP contribution in [0.3, 0.4) is 0 Å². The van der Waals surface area contributed by atoms with E-state index in [4.69, 9.17) is 4.74 Å². The molecule has 0 heterocycles. The lowest BCUT2D eigenvalue weighted by molar-refractivity contribution is -0.385. The van der Waals surface area contributed by atoms with Crippen LogP contribution in [0.2, 0.25) is 0 Å². The first-order valence-corrected chi connectivity index (χ1v) is 5.82. The number of ketones is 1. The standard InChI is InChI=1S/C14H9F2NO4/c1-8(18)13-9(15)4-3-7-12(13)21-14-10(16)5-2-6-11(14)17(19)20/h2-7H,1H3. The first-order valence-electron chi connectivity index (χ1n) is 5.82. The number of benzene rings is 2. The molecule has 0 aliphatic carbocycles. The van der Waals surface area contributed by atoms with Crippen LogP contribution in [0.5, 0.6) is 11.5 Å². The van der Waals surface area contributed by atoms with Gasteiger partial charge in [0, 0.05) is 6.07 Å². The summed E-state index contributed by atoms with van der Waals surface area (Å²) >= 11 is 0. The summed E-state index contributed by atoms with van der Waals surface area (Å²) in [7, 11) is 0. The molecule has 2 aromatic carbocycles. The molecular formula is C14H9F2NO4. The Morgan fingerprint density at radius 3 is 2.38 bits per heavy atom. The normalized spacial score (nSPS) is 10.2. The number of carbonyl (C=O) groups is 1. The molecule has 0 aliphatic heterocycles. The Kier molecular flexibility index (Phi) is 3.93. The van der Waals surface area contributed by atoms with Crippen molar-refractivity contribution in [2.75, 3.05) is 0 Å². The van der Waals surface area contributed by atoms with E-state index in [9.17, 15) is 23.7 Å². The fourth-order valence-corrected chi connectivity index (χ4v) is 1.78. The molecule has 7 heteroatoms. The van der Waals surface area contributed by atoms with Crippen molar-refractivity contribution in [3.8, 4) is 11.5 Å². The van der Waals surface area contributed by atoms with Crippen LogP contribution < -0.4 is 4.74 Å². The van der Waals surface area contributed by atoms with Gasteiger partial charge >= 0.3 is 5.69 Å². The van der Waals surface area contributed by atoms with Crippen LogP contribution in [0.1, 0.15) is 17.3 Å². The first kappa shape index (κ1) is 14.6. The second-order valence-corrected chi connectivity index (χ2v) is 4.12. The smallest absolute Gasteiger partial charge is 0.314 e. The Balaban J connectivity index is 2.56. The Morgan fingerprint density at radius 1 is 1.14 bits per heavy atom. The van der Waals surface area contributed by atoms with E-state index in [2.05, 4.69) is 0 Å². The van der Waals surface area contributed by atoms with E-state index in [1.807, 2.05) is 0 Å². The molecule has 0 aromatic heterocycles. The second-order valence-electron chi connectivity index (χ2n) is 4.12. The third kappa shape index (κ3) is 2.86. The Morgan fingerprint density at radius 2 is 1.76 bits per heavy atom. The van der Waals surface area contributed by atoms with Gasteiger partial charge in [0.1, 0.15) is 11.6 Å². The minimum atomic E-state index is -0.983. The van der Waals surface area contributed by atoms with Crippen molar-refractivity contribution in [1.29, 1.82) is 0 Å². The van der Waals surface area contributed by atoms with Crippen LogP contribution in [-0.2, 0) is 0 Å². The molecule has 0 fully saturated rings. The molecule has 2 rings (SSSR count). The third-order valence-corrected chi connectivity index (χ3v) is 2.68. The molecule has 0 unspecified atom stereocenters. The maximum atomic E-state index is 13.7. The summed E-state index contributed by atoms with van der Waals surface area (Å²) in [6, 6.07) is 6.69. The lowest BCUT2D eigenvalue weighted by Gasteiger charge is -2.10. The zero-order chi connectivity index (χ0) is 15.6. The summed E-state index contributed by atoms with van der Waals surface area (Å²) in [5.41, 5.74) is -1.01. The van der Waals surface area contributed by atoms with E-state index in [1.54, 1.807) is 0 Å². The van der Waals surface area contributed by atoms with Crippen LogP contribution in [-0.4, -0.2) is 10.7 Å². The van der Waals surface area contributed by atoms with Crippen molar-refractivity contribution in [2.24, 2.45) is 0 Å². The van der Waals surface area contributed by atoms with Crippen LogP contribution >= 0.6 is 0 Å². The van der Waals surface area contributed by atoms with Crippen molar-refractivity contribution in [3.05, 3.63) is 63.7 Å². The molecule has 0 N–H and O–H groups in total. The molecule has 2 aromatic rings. The zero-order valence-electron chi connectivity index (χ0n) is 10.8. The number of hydrogen-bond donors (Lipinski definition) is 0. The quantitative estimate of drug-likeness (QED) is 0.487. The van der Waals surface area contributed by atoms with Crippen molar-refractivity contribution in [2.45, 2.75) is 6.92 Å². The topological polar surface area (TPSA) is 69.4 Å². The molecular weight excluding hydrogens is 284 g/mol. The van der Waals surface area contributed by atoms with Gasteiger partial charge in [-0.25, -0.2) is 8.78 Å². The number of para-hydroxylation sites is 1. The van der Waals surface area contributed by atoms with Crippen LogP contribution in [0, 0.1) is 21.7 Å². The van der Waals surface area contributed by atoms with E-state index in [1.165, 1.54) is 12.1 Å². The molecule has 0 saturated heterocycles. The predicted octanol–water partition coefficient (Wildman–Crippen LogP) is 3.87. The Labute approximate surface area is 117 Å². The fraction of sp³-hybridized carbons (Fsp3) is 0.0714. The highest BCUT2D eigenvalue weighted by Gasteiger charge is 2.23. The molecule has 0 aliphatic rings. The van der Waals surface area contributed by atoms with Crippen LogP contribution in [0.25, 0.3) is 0 Å². The minimum Gasteiger partial charge on any atom is -0.446 e. The summed E-state index contributed by atoms with van der Waals surface area (Å²) in [6.07, 6.45) is 0. The number of carbonyl (C=O) groups excluding carboxylic acids is 1. The minimum absolute atomic E-state index is 0.282. The largest absolute Gasteiger partial charge is 0.446 e. The van der Waals surface area contributed by atoms with Gasteiger partial charge in [-0.3, -0.25) is 14.9 Å². The lowest BCUT2D eigenvalue weighted by atomic mass is 10.1. The highest BCUT2D eigenvalue weighted by molar-refractivity contribution is 5.97. The van der Waals surface area contributed by atoms with E-state index in [0.29, 0.717) is 0 Å². The monoisotopic (exact) mass is 293 g/mol. The van der Waals surface area contributed by atoms with Gasteiger partial charge < -0.3 is 4.74 Å². The van der Waals surface area contributed by atoms with Gasteiger partial charge in [-0.2, -0.15) is 0 Å². The average molecular weight is 293 g/mol. The average Bonchev–Trinajstić information content (AvgIpc) is 2.40. The summed E-state index contributed by atoms with van der Waals surface area (Å²) in [5.74, 6) is -3.42. The maximum Gasteiger partial charge on any atom is 0.314 e. The third-order valence-electron chi connectivity index (χ3n) is 2.68. The molecule has 0 bridgehead atoms. The van der Waals surface area contributed by atoms with Gasteiger partial charge in [0.05, 0.1) is 10.5 Å². The van der Waals surface area contributed by atoms with Gasteiger partial charge in [0.25, 0.3) is 0 Å². The van der Waals surface area contributed by atoms with Gasteiger partial charge in [-0.15, -0.1) is 0 Å². The zero-order valence-corrected chi connectivity index (χ0v) is 10.8. The molecule has 0 atom stereocenters. The highest BCUT2D eigenvalue weighted by atomic mass is 19.1. The number of nitro benzene ring substituents is 1. The van der Waals surface area contributed by atoms with Crippen molar-refractivity contribution in [1.82, 2.24) is 0 Å². The molecule has 0 spiro atoms. The summed E-state index contributed by atoms with van der Waals surface area (Å²) < 4.78 is 32.5. The Hall–Kier alpha value is -2.83. The van der Waals surface area contributed by atoms with Crippen molar-refractivity contribution < 1.29 is 23.2 Å². The van der Waals surface area contributed by atoms with Crippen LogP contribution in [0.4, 0.5) is 14.5 Å². The van der Waals surface area contributed by atoms with Gasteiger partial charge in [0.2, 0.25) is 5.75 Å². The number of Topliss-reactive ketones (excluding diaryl/α,β-unsaturated/α-hetero) is 1. The first-order chi connectivity index (χ1) is 9.91. The van der Waals surface area contributed by atoms with E-state index < -0.39 is 39.3 Å². The van der Waals surface area contributed by atoms with Crippen molar-refractivity contribution >= 4 is 11.5 Å². The molecule has 0 amide bonds. The van der Waals surface area contributed by atoms with E-state index in [0.717, 1.165) is 31.2 Å². The number of rotatable bonds is 4. The van der Waals surface area contributed by atoms with Gasteiger partial charge in [-0.1, -0.05) is 12.1 Å². The number of nitro groups is 1. The number of nitrogens with zero attached hydrogens (tertiary/aromatic N) is 1. The van der Waals surface area contributed by atoms with Crippen molar-refractivity contribution in [3.63, 3.8) is 0 Å². The number of halogens is 2. The summed E-state index contributed by atoms with van der Waals surface area (Å²) in [4.78, 5) is 21.5. The maximum absolute atomic E-state index is 13.7. The van der Waals surface area contributed by atoms with Gasteiger partial charge in [0.15, 0.2) is 11.6 Å². The molecule has 108 valence electrons. The van der Waals surface area contributed by atoms with E-state index >= 15 is 0 Å². The van der Waals surface area contributed by atoms with Gasteiger partial charge in [-0.05, 0) is 25.1 Å². The number of ether oxygens (including phenoxy) is 1. The number of hydrogen-bond acceptors (Lipinski definition) is 4. The molecule has 21 heavy (non-hydrogen) atoms. The summed E-state index contributed by atoms with van der Waals surface area (Å²) in [6.45, 7) is 1.11. The lowest BCUT2D eigenvalue weighted by Crippen LogP contribution is -2.03. The van der Waals surface area contributed by atoms with Crippen LogP contribution in [0.15, 0.2) is 36.4 Å². The predicted molar refractivity (Wildman–Crippen MR) is 69.5 cm³/mol. The summed E-state index contributed by atoms with van der Waals surface area (Å²) in [5, 5.41) is 10.9. The fourth-order valence-electron chi connectivity index (χ4n) is 1.78. The van der Waals surface area contributed by atoms with E-state index in [-0.39, 0.29) is 5.75 Å². The highest BCUT2D eigenvalue weighted by Crippen LogP contribution is 2.35. The Bertz CT molecular complexity index is 731. The molecule has 0 saturated carbocycles. The molecule has 0 radical (unpaired) electrons.